The van der Waals surface area contributed by atoms with E-state index in [2.05, 4.69) is 0 Å². The van der Waals surface area contributed by atoms with Crippen LogP contribution in [0.1, 0.15) is 22.3 Å². The lowest BCUT2D eigenvalue weighted by atomic mass is 9.96. The van der Waals surface area contributed by atoms with Gasteiger partial charge in [0.25, 0.3) is 5.91 Å². The molecule has 1 aliphatic carbocycles. The van der Waals surface area contributed by atoms with Crippen LogP contribution in [0.15, 0.2) is 48.5 Å². The molecule has 2 aliphatic rings. The van der Waals surface area contributed by atoms with E-state index in [-0.39, 0.29) is 17.7 Å². The van der Waals surface area contributed by atoms with E-state index in [0.29, 0.717) is 18.0 Å². The van der Waals surface area contributed by atoms with Crippen molar-refractivity contribution in [2.75, 3.05) is 6.54 Å². The maximum Gasteiger partial charge on any atom is 0.255 e. The van der Waals surface area contributed by atoms with E-state index < -0.39 is 6.04 Å². The summed E-state index contributed by atoms with van der Waals surface area (Å²) >= 11 is 0. The Hall–Kier alpha value is -2.62. The summed E-state index contributed by atoms with van der Waals surface area (Å²) in [6.45, 7) is 2.65. The molecule has 2 amide bonds. The third kappa shape index (κ3) is 2.39. The van der Waals surface area contributed by atoms with Crippen molar-refractivity contribution in [1.29, 1.82) is 0 Å². The first-order chi connectivity index (χ1) is 11.6. The Kier molecular flexibility index (Phi) is 3.41. The first-order valence-electron chi connectivity index (χ1n) is 8.32. The standard InChI is InChI=1S/C20H20N2O2/c1-12-7-8-15(16(9-12)13-5-3-2-4-6-13)20(24)22-11-14-10-17(14)18(22)19(21)23/h2-9,14,17-18H,10-11H2,1H3,(H2,21,23)/t14-,17-,18+/m1/s1. The summed E-state index contributed by atoms with van der Waals surface area (Å²) in [5.41, 5.74) is 9.21. The number of amides is 2. The number of hydrogen-bond donors (Lipinski definition) is 1. The van der Waals surface area contributed by atoms with E-state index in [1.807, 2.05) is 55.5 Å². The third-order valence-electron chi connectivity index (χ3n) is 5.19. The molecule has 1 saturated heterocycles. The Morgan fingerprint density at radius 2 is 1.88 bits per heavy atom. The van der Waals surface area contributed by atoms with Gasteiger partial charge in [-0.25, -0.2) is 0 Å². The number of likely N-dealkylation sites (tertiary alicyclic amines) is 1. The molecule has 1 saturated carbocycles. The van der Waals surface area contributed by atoms with Gasteiger partial charge in [-0.3, -0.25) is 9.59 Å². The minimum absolute atomic E-state index is 0.0927. The fourth-order valence-electron chi connectivity index (χ4n) is 3.89. The number of piperidine rings is 1. The molecule has 2 fully saturated rings. The summed E-state index contributed by atoms with van der Waals surface area (Å²) in [5, 5.41) is 0. The molecular weight excluding hydrogens is 300 g/mol. The molecule has 4 rings (SSSR count). The SMILES string of the molecule is Cc1ccc(C(=O)N2C[C@H]3C[C@H]3[C@H]2C(N)=O)c(-c2ccccc2)c1. The van der Waals surface area contributed by atoms with Gasteiger partial charge in [0.1, 0.15) is 6.04 Å². The molecular formula is C20H20N2O2. The predicted molar refractivity (Wildman–Crippen MR) is 92.2 cm³/mol. The van der Waals surface area contributed by atoms with Crippen molar-refractivity contribution in [3.05, 3.63) is 59.7 Å². The minimum atomic E-state index is -0.451. The zero-order valence-corrected chi connectivity index (χ0v) is 13.6. The normalized spacial score (nSPS) is 24.5. The molecule has 4 heteroatoms. The molecule has 2 aromatic carbocycles. The van der Waals surface area contributed by atoms with Crippen LogP contribution in [0.4, 0.5) is 0 Å². The van der Waals surface area contributed by atoms with Crippen LogP contribution in [-0.2, 0) is 4.79 Å². The Labute approximate surface area is 141 Å². The highest BCUT2D eigenvalue weighted by Gasteiger charge is 2.56. The number of benzene rings is 2. The fourth-order valence-corrected chi connectivity index (χ4v) is 3.89. The molecule has 0 bridgehead atoms. The average molecular weight is 320 g/mol. The van der Waals surface area contributed by atoms with Gasteiger partial charge in [0.05, 0.1) is 0 Å². The molecule has 1 aliphatic heterocycles. The lowest BCUT2D eigenvalue weighted by molar-refractivity contribution is -0.122. The first-order valence-corrected chi connectivity index (χ1v) is 8.32. The van der Waals surface area contributed by atoms with Gasteiger partial charge < -0.3 is 10.6 Å². The summed E-state index contributed by atoms with van der Waals surface area (Å²) < 4.78 is 0. The molecule has 0 unspecified atom stereocenters. The van der Waals surface area contributed by atoms with Gasteiger partial charge in [-0.15, -0.1) is 0 Å². The number of nitrogens with zero attached hydrogens (tertiary/aromatic N) is 1. The molecule has 0 spiro atoms. The van der Waals surface area contributed by atoms with E-state index in [1.54, 1.807) is 4.90 Å². The zero-order chi connectivity index (χ0) is 16.8. The Bertz CT molecular complexity index is 816. The monoisotopic (exact) mass is 320 g/mol. The van der Waals surface area contributed by atoms with Crippen LogP contribution in [-0.4, -0.2) is 29.3 Å². The Morgan fingerprint density at radius 3 is 2.58 bits per heavy atom. The highest BCUT2D eigenvalue weighted by molar-refractivity contribution is 6.03. The lowest BCUT2D eigenvalue weighted by Crippen LogP contribution is -2.46. The van der Waals surface area contributed by atoms with Gasteiger partial charge in [0.15, 0.2) is 0 Å². The van der Waals surface area contributed by atoms with Crippen LogP contribution >= 0.6 is 0 Å². The van der Waals surface area contributed by atoms with Gasteiger partial charge in [0, 0.05) is 12.1 Å². The molecule has 24 heavy (non-hydrogen) atoms. The van der Waals surface area contributed by atoms with Crippen LogP contribution in [0.3, 0.4) is 0 Å². The van der Waals surface area contributed by atoms with Crippen LogP contribution in [0.2, 0.25) is 0 Å². The number of primary amides is 1. The smallest absolute Gasteiger partial charge is 0.255 e. The summed E-state index contributed by atoms with van der Waals surface area (Å²) in [7, 11) is 0. The van der Waals surface area contributed by atoms with E-state index in [1.165, 1.54) is 0 Å². The quantitative estimate of drug-likeness (QED) is 0.945. The maximum atomic E-state index is 13.2. The largest absolute Gasteiger partial charge is 0.368 e. The summed E-state index contributed by atoms with van der Waals surface area (Å²) in [6, 6.07) is 15.3. The Morgan fingerprint density at radius 1 is 1.12 bits per heavy atom. The number of rotatable bonds is 3. The third-order valence-corrected chi connectivity index (χ3v) is 5.19. The number of nitrogens with two attached hydrogens (primary N) is 1. The van der Waals surface area contributed by atoms with Crippen molar-refractivity contribution in [2.24, 2.45) is 17.6 Å². The molecule has 2 aromatic rings. The molecule has 4 nitrogen and oxygen atoms in total. The first kappa shape index (κ1) is 14.9. The number of fused-ring (bicyclic) bond motifs is 1. The summed E-state index contributed by atoms with van der Waals surface area (Å²) in [5.74, 6) is 0.223. The van der Waals surface area contributed by atoms with Crippen LogP contribution in [0, 0.1) is 18.8 Å². The second-order valence-electron chi connectivity index (χ2n) is 6.88. The molecule has 1 heterocycles. The number of carbonyl (C=O) groups excluding carboxylic acids is 2. The van der Waals surface area contributed by atoms with Gasteiger partial charge in [-0.2, -0.15) is 0 Å². The molecule has 122 valence electrons. The van der Waals surface area contributed by atoms with Crippen molar-refractivity contribution in [1.82, 2.24) is 4.90 Å². The minimum Gasteiger partial charge on any atom is -0.368 e. The summed E-state index contributed by atoms with van der Waals surface area (Å²) in [4.78, 5) is 26.7. The van der Waals surface area contributed by atoms with Crippen molar-refractivity contribution in [2.45, 2.75) is 19.4 Å². The Balaban J connectivity index is 1.74. The van der Waals surface area contributed by atoms with E-state index >= 15 is 0 Å². The highest BCUT2D eigenvalue weighted by atomic mass is 16.2. The number of carbonyl (C=O) groups is 2. The molecule has 3 atom stereocenters. The van der Waals surface area contributed by atoms with Crippen LogP contribution in [0.5, 0.6) is 0 Å². The second-order valence-corrected chi connectivity index (χ2v) is 6.88. The highest BCUT2D eigenvalue weighted by Crippen LogP contribution is 2.50. The summed E-state index contributed by atoms with van der Waals surface area (Å²) in [6.07, 6.45) is 1.01. The van der Waals surface area contributed by atoms with Gasteiger partial charge in [-0.05, 0) is 42.4 Å². The van der Waals surface area contributed by atoms with Crippen LogP contribution < -0.4 is 5.73 Å². The second kappa shape index (κ2) is 5.48. The van der Waals surface area contributed by atoms with E-state index in [0.717, 1.165) is 23.1 Å². The predicted octanol–water partition coefficient (Wildman–Crippen LogP) is 2.61. The maximum absolute atomic E-state index is 13.2. The van der Waals surface area contributed by atoms with Gasteiger partial charge in [-0.1, -0.05) is 48.0 Å². The van der Waals surface area contributed by atoms with E-state index in [4.69, 9.17) is 5.73 Å². The van der Waals surface area contributed by atoms with Crippen LogP contribution in [0.25, 0.3) is 11.1 Å². The van der Waals surface area contributed by atoms with Crippen molar-refractivity contribution in [3.63, 3.8) is 0 Å². The zero-order valence-electron chi connectivity index (χ0n) is 13.6. The van der Waals surface area contributed by atoms with Crippen molar-refractivity contribution >= 4 is 11.8 Å². The number of hydrogen-bond acceptors (Lipinski definition) is 2. The lowest BCUT2D eigenvalue weighted by Gasteiger charge is -2.26. The molecule has 0 aromatic heterocycles. The fraction of sp³-hybridized carbons (Fsp3) is 0.300. The van der Waals surface area contributed by atoms with E-state index in [9.17, 15) is 9.59 Å². The topological polar surface area (TPSA) is 63.4 Å². The number of aryl methyl sites for hydroxylation is 1. The van der Waals surface area contributed by atoms with Gasteiger partial charge >= 0.3 is 0 Å². The van der Waals surface area contributed by atoms with Gasteiger partial charge in [0.2, 0.25) is 5.91 Å². The molecule has 2 N–H and O–H groups in total. The van der Waals surface area contributed by atoms with Crippen molar-refractivity contribution < 1.29 is 9.59 Å². The molecule has 0 radical (unpaired) electrons. The van der Waals surface area contributed by atoms with Crippen molar-refractivity contribution in [3.8, 4) is 11.1 Å². The average Bonchev–Trinajstić information content (AvgIpc) is 3.24.